The maximum absolute atomic E-state index is 11.7. The first-order chi connectivity index (χ1) is 7.59. The average Bonchev–Trinajstić information content (AvgIpc) is 2.65. The van der Waals surface area contributed by atoms with Crippen molar-refractivity contribution in [3.63, 3.8) is 0 Å². The van der Waals surface area contributed by atoms with Crippen molar-refractivity contribution in [1.29, 1.82) is 0 Å². The number of hydrogen-bond donors (Lipinski definition) is 0. The molecule has 0 aliphatic heterocycles. The zero-order valence-corrected chi connectivity index (χ0v) is 9.77. The molecule has 2 heterocycles. The molecule has 0 amide bonds. The van der Waals surface area contributed by atoms with Gasteiger partial charge in [0.1, 0.15) is 23.7 Å². The van der Waals surface area contributed by atoms with Crippen LogP contribution in [0.1, 0.15) is 5.82 Å². The summed E-state index contributed by atoms with van der Waals surface area (Å²) in [5.74, 6) is 0.605. The van der Waals surface area contributed by atoms with Crippen LogP contribution in [-0.4, -0.2) is 24.5 Å². The maximum Gasteiger partial charge on any atom is 0.287 e. The molecule has 0 aliphatic carbocycles. The molecular formula is C8H7Cl2N5O. The highest BCUT2D eigenvalue weighted by Crippen LogP contribution is 2.14. The highest BCUT2D eigenvalue weighted by atomic mass is 35.5. The van der Waals surface area contributed by atoms with Crippen molar-refractivity contribution in [1.82, 2.24) is 24.5 Å². The third-order valence-corrected chi connectivity index (χ3v) is 2.79. The smallest absolute Gasteiger partial charge is 0.266 e. The van der Waals surface area contributed by atoms with Gasteiger partial charge in [-0.2, -0.15) is 10.2 Å². The van der Waals surface area contributed by atoms with Crippen LogP contribution in [0.15, 0.2) is 17.3 Å². The molecule has 0 unspecified atom stereocenters. The molecule has 0 saturated heterocycles. The molecular weight excluding hydrogens is 253 g/mol. The average molecular weight is 260 g/mol. The van der Waals surface area contributed by atoms with E-state index in [2.05, 4.69) is 15.2 Å². The van der Waals surface area contributed by atoms with Crippen LogP contribution in [0, 0.1) is 0 Å². The van der Waals surface area contributed by atoms with Gasteiger partial charge < -0.3 is 0 Å². The van der Waals surface area contributed by atoms with Gasteiger partial charge in [-0.25, -0.2) is 9.67 Å². The summed E-state index contributed by atoms with van der Waals surface area (Å²) < 4.78 is 2.73. The van der Waals surface area contributed by atoms with E-state index in [9.17, 15) is 4.79 Å². The first-order valence-electron chi connectivity index (χ1n) is 4.33. The number of halogens is 2. The molecule has 0 N–H and O–H groups in total. The van der Waals surface area contributed by atoms with E-state index in [1.165, 1.54) is 17.2 Å². The normalized spacial score (nSPS) is 10.7. The molecule has 16 heavy (non-hydrogen) atoms. The van der Waals surface area contributed by atoms with Crippen LogP contribution in [0.2, 0.25) is 10.0 Å². The molecule has 0 spiro atoms. The topological polar surface area (TPSA) is 65.6 Å². The Morgan fingerprint density at radius 1 is 1.38 bits per heavy atom. The molecule has 0 bridgehead atoms. The van der Waals surface area contributed by atoms with Crippen LogP contribution in [0.5, 0.6) is 0 Å². The number of nitrogens with zero attached hydrogens (tertiary/aromatic N) is 5. The van der Waals surface area contributed by atoms with Gasteiger partial charge in [-0.3, -0.25) is 9.48 Å². The molecule has 0 aliphatic rings. The Morgan fingerprint density at radius 3 is 2.75 bits per heavy atom. The molecule has 2 rings (SSSR count). The highest BCUT2D eigenvalue weighted by Gasteiger charge is 2.09. The van der Waals surface area contributed by atoms with Gasteiger partial charge in [0.15, 0.2) is 0 Å². The number of aromatic nitrogens is 5. The monoisotopic (exact) mass is 259 g/mol. The summed E-state index contributed by atoms with van der Waals surface area (Å²) >= 11 is 11.4. The number of hydrogen-bond acceptors (Lipinski definition) is 4. The van der Waals surface area contributed by atoms with Gasteiger partial charge in [0.25, 0.3) is 5.56 Å². The fourth-order valence-corrected chi connectivity index (χ4v) is 1.43. The van der Waals surface area contributed by atoms with Crippen LogP contribution in [0.3, 0.4) is 0 Å². The van der Waals surface area contributed by atoms with Gasteiger partial charge in [0.2, 0.25) is 0 Å². The van der Waals surface area contributed by atoms with E-state index in [1.54, 1.807) is 11.7 Å². The standard InChI is InChI=1S/C8H7Cl2N5O/c1-14-6(11-4-13-14)3-15-8(16)7(10)5(9)2-12-15/h2,4H,3H2,1H3. The molecule has 8 heteroatoms. The first-order valence-corrected chi connectivity index (χ1v) is 5.09. The fourth-order valence-electron chi connectivity index (χ4n) is 1.15. The molecule has 2 aromatic rings. The van der Waals surface area contributed by atoms with Crippen molar-refractivity contribution in [2.45, 2.75) is 6.54 Å². The lowest BCUT2D eigenvalue weighted by atomic mass is 10.5. The summed E-state index contributed by atoms with van der Waals surface area (Å²) in [5.41, 5.74) is -0.447. The van der Waals surface area contributed by atoms with Gasteiger partial charge >= 0.3 is 0 Å². The minimum atomic E-state index is -0.447. The van der Waals surface area contributed by atoms with Crippen LogP contribution in [0.25, 0.3) is 0 Å². The lowest BCUT2D eigenvalue weighted by Crippen LogP contribution is -2.25. The van der Waals surface area contributed by atoms with Crippen molar-refractivity contribution in [2.24, 2.45) is 7.05 Å². The molecule has 0 radical (unpaired) electrons. The highest BCUT2D eigenvalue weighted by molar-refractivity contribution is 6.41. The minimum absolute atomic E-state index is 0.0427. The Morgan fingerprint density at radius 2 is 2.12 bits per heavy atom. The third kappa shape index (κ3) is 1.94. The Kier molecular flexibility index (Phi) is 2.93. The van der Waals surface area contributed by atoms with Crippen molar-refractivity contribution < 1.29 is 0 Å². The van der Waals surface area contributed by atoms with E-state index in [0.717, 1.165) is 0 Å². The van der Waals surface area contributed by atoms with Crippen molar-refractivity contribution in [2.75, 3.05) is 0 Å². The third-order valence-electron chi connectivity index (χ3n) is 2.04. The van der Waals surface area contributed by atoms with Crippen molar-refractivity contribution in [3.05, 3.63) is 38.7 Å². The molecule has 6 nitrogen and oxygen atoms in total. The summed E-state index contributed by atoms with van der Waals surface area (Å²) in [6.45, 7) is 0.201. The molecule has 84 valence electrons. The number of aryl methyl sites for hydroxylation is 1. The quantitative estimate of drug-likeness (QED) is 0.798. The summed E-state index contributed by atoms with van der Waals surface area (Å²) in [6.07, 6.45) is 2.72. The summed E-state index contributed by atoms with van der Waals surface area (Å²) in [7, 11) is 1.73. The van der Waals surface area contributed by atoms with Crippen LogP contribution >= 0.6 is 23.2 Å². The molecule has 0 saturated carbocycles. The van der Waals surface area contributed by atoms with Gasteiger partial charge in [-0.1, -0.05) is 23.2 Å². The summed E-state index contributed by atoms with van der Waals surface area (Å²) in [6, 6.07) is 0. The molecule has 0 aromatic carbocycles. The number of rotatable bonds is 2. The molecule has 0 fully saturated rings. The Labute approximate surface area is 100 Å². The summed E-state index contributed by atoms with van der Waals surface area (Å²) in [4.78, 5) is 15.6. The Balaban J connectivity index is 2.40. The zero-order chi connectivity index (χ0) is 11.7. The summed E-state index contributed by atoms with van der Waals surface area (Å²) in [5, 5.41) is 7.84. The van der Waals surface area contributed by atoms with Gasteiger partial charge in [0.05, 0.1) is 11.2 Å². The van der Waals surface area contributed by atoms with Crippen LogP contribution in [-0.2, 0) is 13.6 Å². The Bertz CT molecular complexity index is 576. The lowest BCUT2D eigenvalue weighted by Gasteiger charge is -2.04. The SMILES string of the molecule is Cn1ncnc1Cn1ncc(Cl)c(Cl)c1=O. The van der Waals surface area contributed by atoms with E-state index < -0.39 is 5.56 Å². The lowest BCUT2D eigenvalue weighted by molar-refractivity contribution is 0.581. The second kappa shape index (κ2) is 4.23. The van der Waals surface area contributed by atoms with E-state index >= 15 is 0 Å². The van der Waals surface area contributed by atoms with Gasteiger partial charge in [0, 0.05) is 7.05 Å². The first kappa shape index (κ1) is 11.1. The van der Waals surface area contributed by atoms with E-state index in [1.807, 2.05) is 0 Å². The predicted molar refractivity (Wildman–Crippen MR) is 58.6 cm³/mol. The van der Waals surface area contributed by atoms with Crippen molar-refractivity contribution >= 4 is 23.2 Å². The minimum Gasteiger partial charge on any atom is -0.266 e. The largest absolute Gasteiger partial charge is 0.287 e. The second-order valence-electron chi connectivity index (χ2n) is 3.07. The van der Waals surface area contributed by atoms with Crippen LogP contribution < -0.4 is 5.56 Å². The van der Waals surface area contributed by atoms with Crippen LogP contribution in [0.4, 0.5) is 0 Å². The van der Waals surface area contributed by atoms with Crippen molar-refractivity contribution in [3.8, 4) is 0 Å². The van der Waals surface area contributed by atoms with Gasteiger partial charge in [-0.15, -0.1) is 0 Å². The molecule has 2 aromatic heterocycles. The van der Waals surface area contributed by atoms with E-state index in [0.29, 0.717) is 5.82 Å². The van der Waals surface area contributed by atoms with Gasteiger partial charge in [-0.05, 0) is 0 Å². The second-order valence-corrected chi connectivity index (χ2v) is 3.85. The maximum atomic E-state index is 11.7. The zero-order valence-electron chi connectivity index (χ0n) is 8.26. The Hall–Kier alpha value is -1.40. The molecule has 0 atom stereocenters. The fraction of sp³-hybridized carbons (Fsp3) is 0.250. The predicted octanol–water partition coefficient (Wildman–Crippen LogP) is 0.727. The van der Waals surface area contributed by atoms with E-state index in [4.69, 9.17) is 23.2 Å². The van der Waals surface area contributed by atoms with E-state index in [-0.39, 0.29) is 16.6 Å².